The van der Waals surface area contributed by atoms with Gasteiger partial charge in [0.15, 0.2) is 0 Å². The maximum absolute atomic E-state index is 11.9. The summed E-state index contributed by atoms with van der Waals surface area (Å²) in [7, 11) is 0. The summed E-state index contributed by atoms with van der Waals surface area (Å²) in [6.45, 7) is 3.26. The topological polar surface area (TPSA) is 103 Å². The number of alkyl carbamates (subject to hydrolysis) is 2. The van der Waals surface area contributed by atoms with E-state index < -0.39 is 12.2 Å². The Morgan fingerprint density at radius 2 is 1.47 bits per heavy atom. The van der Waals surface area contributed by atoms with Crippen molar-refractivity contribution in [1.29, 1.82) is 0 Å². The highest BCUT2D eigenvalue weighted by molar-refractivity contribution is 5.89. The van der Waals surface area contributed by atoms with Gasteiger partial charge in [-0.15, -0.1) is 0 Å². The van der Waals surface area contributed by atoms with Crippen molar-refractivity contribution in [2.75, 3.05) is 26.4 Å². The van der Waals surface area contributed by atoms with Gasteiger partial charge in [-0.1, -0.05) is 49.4 Å². The maximum Gasteiger partial charge on any atom is 0.407 e. The molecule has 0 spiro atoms. The molecule has 0 saturated heterocycles. The van der Waals surface area contributed by atoms with Crippen LogP contribution in [-0.2, 0) is 27.2 Å². The second kappa shape index (κ2) is 14.5. The standard InChI is InChI=1S/C24H30N2O6/c1-2-14-30-22(27)21-11-6-10-20(17-21)18-26-24(29)32-16-7-15-31-23(28)25-13-12-19-8-4-3-5-9-19/h3-6,8-11,17H,2,7,12-16,18H2,1H3,(H,25,28)(H,26,29). The molecule has 8 nitrogen and oxygen atoms in total. The monoisotopic (exact) mass is 442 g/mol. The molecule has 2 N–H and O–H groups in total. The van der Waals surface area contributed by atoms with E-state index in [0.717, 1.165) is 24.0 Å². The van der Waals surface area contributed by atoms with E-state index in [9.17, 15) is 14.4 Å². The zero-order chi connectivity index (χ0) is 23.0. The van der Waals surface area contributed by atoms with E-state index >= 15 is 0 Å². The molecule has 0 bridgehead atoms. The lowest BCUT2D eigenvalue weighted by atomic mass is 10.1. The van der Waals surface area contributed by atoms with Crippen molar-refractivity contribution >= 4 is 18.2 Å². The molecule has 0 radical (unpaired) electrons. The highest BCUT2D eigenvalue weighted by Gasteiger charge is 2.08. The zero-order valence-electron chi connectivity index (χ0n) is 18.3. The fourth-order valence-electron chi connectivity index (χ4n) is 2.70. The molecular weight excluding hydrogens is 412 g/mol. The van der Waals surface area contributed by atoms with Gasteiger partial charge in [0, 0.05) is 19.5 Å². The number of carbonyl (C=O) groups excluding carboxylic acids is 3. The lowest BCUT2D eigenvalue weighted by Crippen LogP contribution is -2.27. The van der Waals surface area contributed by atoms with Gasteiger partial charge in [0.25, 0.3) is 0 Å². The molecular formula is C24H30N2O6. The molecule has 0 aliphatic rings. The SMILES string of the molecule is CCCOC(=O)c1cccc(CNC(=O)OCCCOC(=O)NCCc2ccccc2)c1. The summed E-state index contributed by atoms with van der Waals surface area (Å²) >= 11 is 0. The number of carbonyl (C=O) groups is 3. The van der Waals surface area contributed by atoms with Crippen LogP contribution in [0.1, 0.15) is 41.3 Å². The molecule has 2 aromatic rings. The van der Waals surface area contributed by atoms with Gasteiger partial charge in [-0.05, 0) is 36.1 Å². The number of ether oxygens (including phenoxy) is 3. The predicted molar refractivity (Wildman–Crippen MR) is 119 cm³/mol. The molecule has 2 amide bonds. The van der Waals surface area contributed by atoms with Gasteiger partial charge in [-0.3, -0.25) is 0 Å². The summed E-state index contributed by atoms with van der Waals surface area (Å²) in [5, 5.41) is 5.30. The molecule has 0 atom stereocenters. The summed E-state index contributed by atoms with van der Waals surface area (Å²) in [5.41, 5.74) is 2.32. The fourth-order valence-corrected chi connectivity index (χ4v) is 2.70. The first kappa shape index (κ1) is 24.7. The summed E-state index contributed by atoms with van der Waals surface area (Å²) < 4.78 is 15.2. The molecule has 2 aromatic carbocycles. The average molecular weight is 443 g/mol. The summed E-state index contributed by atoms with van der Waals surface area (Å²) in [4.78, 5) is 35.3. The first-order valence-electron chi connectivity index (χ1n) is 10.7. The first-order chi connectivity index (χ1) is 15.6. The predicted octanol–water partition coefficient (Wildman–Crippen LogP) is 3.84. The molecule has 2 rings (SSSR count). The van der Waals surface area contributed by atoms with Crippen LogP contribution < -0.4 is 10.6 Å². The Hall–Kier alpha value is -3.55. The molecule has 0 aromatic heterocycles. The first-order valence-corrected chi connectivity index (χ1v) is 10.7. The molecule has 0 aliphatic heterocycles. The van der Waals surface area contributed by atoms with E-state index in [1.54, 1.807) is 24.3 Å². The Labute approximate surface area is 188 Å². The minimum absolute atomic E-state index is 0.118. The Kier molecular flexibility index (Phi) is 11.2. The smallest absolute Gasteiger partial charge is 0.407 e. The third-order valence-electron chi connectivity index (χ3n) is 4.32. The molecule has 0 unspecified atom stereocenters. The number of nitrogens with one attached hydrogen (secondary N) is 2. The van der Waals surface area contributed by atoms with Crippen LogP contribution in [0.2, 0.25) is 0 Å². The minimum atomic E-state index is -0.587. The number of rotatable bonds is 12. The second-order valence-electron chi connectivity index (χ2n) is 6.98. The van der Waals surface area contributed by atoms with Crippen LogP contribution in [0.3, 0.4) is 0 Å². The van der Waals surface area contributed by atoms with Crippen molar-refractivity contribution in [3.63, 3.8) is 0 Å². The third kappa shape index (κ3) is 9.97. The van der Waals surface area contributed by atoms with Crippen LogP contribution >= 0.6 is 0 Å². The number of benzene rings is 2. The number of hydrogen-bond acceptors (Lipinski definition) is 6. The normalized spacial score (nSPS) is 10.2. The Morgan fingerprint density at radius 1 is 0.781 bits per heavy atom. The zero-order valence-corrected chi connectivity index (χ0v) is 18.3. The lowest BCUT2D eigenvalue weighted by Gasteiger charge is -2.09. The largest absolute Gasteiger partial charge is 0.462 e. The van der Waals surface area contributed by atoms with Gasteiger partial charge in [0.1, 0.15) is 0 Å². The van der Waals surface area contributed by atoms with Gasteiger partial charge >= 0.3 is 18.2 Å². The number of amides is 2. The highest BCUT2D eigenvalue weighted by atomic mass is 16.6. The third-order valence-corrected chi connectivity index (χ3v) is 4.32. The van der Waals surface area contributed by atoms with E-state index in [4.69, 9.17) is 14.2 Å². The second-order valence-corrected chi connectivity index (χ2v) is 6.98. The van der Waals surface area contributed by atoms with Crippen LogP contribution in [0.5, 0.6) is 0 Å². The minimum Gasteiger partial charge on any atom is -0.462 e. The van der Waals surface area contributed by atoms with Gasteiger partial charge in [0.05, 0.1) is 25.4 Å². The quantitative estimate of drug-likeness (QED) is 0.294. The van der Waals surface area contributed by atoms with Crippen molar-refractivity contribution in [2.45, 2.75) is 32.7 Å². The summed E-state index contributed by atoms with van der Waals surface area (Å²) in [6.07, 6.45) is 0.780. The van der Waals surface area contributed by atoms with Crippen LogP contribution in [0, 0.1) is 0 Å². The molecule has 0 fully saturated rings. The average Bonchev–Trinajstić information content (AvgIpc) is 2.82. The van der Waals surface area contributed by atoms with Crippen molar-refractivity contribution in [1.82, 2.24) is 10.6 Å². The van der Waals surface area contributed by atoms with Crippen molar-refractivity contribution in [3.05, 3.63) is 71.3 Å². The van der Waals surface area contributed by atoms with Crippen LogP contribution in [-0.4, -0.2) is 44.5 Å². The lowest BCUT2D eigenvalue weighted by molar-refractivity contribution is 0.0505. The van der Waals surface area contributed by atoms with E-state index in [1.807, 2.05) is 37.3 Å². The molecule has 0 saturated carbocycles. The van der Waals surface area contributed by atoms with Gasteiger partial charge in [-0.25, -0.2) is 14.4 Å². The molecule has 8 heteroatoms. The molecule has 32 heavy (non-hydrogen) atoms. The van der Waals surface area contributed by atoms with Crippen LogP contribution in [0.25, 0.3) is 0 Å². The van der Waals surface area contributed by atoms with E-state index in [0.29, 0.717) is 25.1 Å². The fraction of sp³-hybridized carbons (Fsp3) is 0.375. The van der Waals surface area contributed by atoms with E-state index in [-0.39, 0.29) is 25.7 Å². The maximum atomic E-state index is 11.9. The Balaban J connectivity index is 1.54. The summed E-state index contributed by atoms with van der Waals surface area (Å²) in [6, 6.07) is 16.7. The van der Waals surface area contributed by atoms with Crippen molar-refractivity contribution < 1.29 is 28.6 Å². The molecule has 0 heterocycles. The highest BCUT2D eigenvalue weighted by Crippen LogP contribution is 2.07. The number of hydrogen-bond donors (Lipinski definition) is 2. The van der Waals surface area contributed by atoms with Crippen molar-refractivity contribution in [2.24, 2.45) is 0 Å². The van der Waals surface area contributed by atoms with Crippen LogP contribution in [0.4, 0.5) is 9.59 Å². The van der Waals surface area contributed by atoms with Crippen LogP contribution in [0.15, 0.2) is 54.6 Å². The Morgan fingerprint density at radius 3 is 2.19 bits per heavy atom. The molecule has 0 aliphatic carbocycles. The number of esters is 1. The Bertz CT molecular complexity index is 857. The van der Waals surface area contributed by atoms with E-state index in [1.165, 1.54) is 0 Å². The van der Waals surface area contributed by atoms with Crippen molar-refractivity contribution in [3.8, 4) is 0 Å². The van der Waals surface area contributed by atoms with Gasteiger partial charge < -0.3 is 24.8 Å². The van der Waals surface area contributed by atoms with Gasteiger partial charge in [-0.2, -0.15) is 0 Å². The molecule has 172 valence electrons. The van der Waals surface area contributed by atoms with E-state index in [2.05, 4.69) is 10.6 Å². The van der Waals surface area contributed by atoms with Gasteiger partial charge in [0.2, 0.25) is 0 Å². The summed E-state index contributed by atoms with van der Waals surface area (Å²) in [5.74, 6) is -0.389.